The van der Waals surface area contributed by atoms with E-state index in [0.29, 0.717) is 5.92 Å². The number of H-pyrrole nitrogens is 1. The number of aromatic nitrogens is 2. The van der Waals surface area contributed by atoms with Crippen molar-refractivity contribution in [2.45, 2.75) is 52.3 Å². The predicted octanol–water partition coefficient (Wildman–Crippen LogP) is 6.04. The summed E-state index contributed by atoms with van der Waals surface area (Å²) < 4.78 is 0. The average Bonchev–Trinajstić information content (AvgIpc) is 2.78. The Morgan fingerprint density at radius 2 is 1.73 bits per heavy atom. The van der Waals surface area contributed by atoms with Gasteiger partial charge < -0.3 is 4.98 Å². The van der Waals surface area contributed by atoms with Crippen molar-refractivity contribution in [1.82, 2.24) is 9.97 Å². The fourth-order valence-electron chi connectivity index (χ4n) is 2.53. The van der Waals surface area contributed by atoms with Gasteiger partial charge in [0.05, 0.1) is 11.1 Å². The fourth-order valence-corrected chi connectivity index (χ4v) is 2.74. The molecule has 0 saturated carbocycles. The summed E-state index contributed by atoms with van der Waals surface area (Å²) in [5.41, 5.74) is 4.55. The first kappa shape index (κ1) is 19.1. The Kier molecular flexibility index (Phi) is 6.11. The number of imidazole rings is 1. The topological polar surface area (TPSA) is 28.7 Å². The van der Waals surface area contributed by atoms with Crippen molar-refractivity contribution in [3.63, 3.8) is 0 Å². The average molecular weight is 341 g/mol. The van der Waals surface area contributed by atoms with Gasteiger partial charge in [0, 0.05) is 11.3 Å². The number of hydrogen-bond donors (Lipinski definition) is 1. The maximum atomic E-state index is 6.49. The van der Waals surface area contributed by atoms with Crippen molar-refractivity contribution < 1.29 is 0 Å². The van der Waals surface area contributed by atoms with Crippen LogP contribution in [0.2, 0.25) is 0 Å². The van der Waals surface area contributed by atoms with Crippen molar-refractivity contribution >= 4 is 24.0 Å². The van der Waals surface area contributed by atoms with Crippen LogP contribution in [-0.2, 0) is 5.41 Å². The zero-order valence-corrected chi connectivity index (χ0v) is 15.8. The summed E-state index contributed by atoms with van der Waals surface area (Å²) in [5, 5.41) is -0.0585. The van der Waals surface area contributed by atoms with Gasteiger partial charge in [0.2, 0.25) is 0 Å². The fraction of sp³-hybridized carbons (Fsp3) is 0.500. The van der Waals surface area contributed by atoms with Crippen LogP contribution in [0.5, 0.6) is 0 Å². The Morgan fingerprint density at radius 1 is 1.14 bits per heavy atom. The number of halogens is 2. The molecule has 0 aliphatic rings. The van der Waals surface area contributed by atoms with E-state index in [4.69, 9.17) is 16.6 Å². The molecular weight excluding hydrogens is 315 g/mol. The normalized spacial score (nSPS) is 13.1. The van der Waals surface area contributed by atoms with Crippen molar-refractivity contribution in [2.24, 2.45) is 5.92 Å². The molecule has 1 heterocycles. The van der Waals surface area contributed by atoms with E-state index in [1.165, 1.54) is 5.56 Å². The molecule has 0 saturated heterocycles. The lowest BCUT2D eigenvalue weighted by Gasteiger charge is -2.22. The molecule has 0 amide bonds. The minimum absolute atomic E-state index is 0. The number of alkyl halides is 1. The SMILES string of the molecule is Cc1[nH]c(-c2ccccc2C(C)(C)C)nc1C(Cl)C(C)C.Cl. The van der Waals surface area contributed by atoms with Crippen LogP contribution in [0.3, 0.4) is 0 Å². The van der Waals surface area contributed by atoms with Gasteiger partial charge in [-0.05, 0) is 23.8 Å². The largest absolute Gasteiger partial charge is 0.342 e. The molecule has 1 unspecified atom stereocenters. The Balaban J connectivity index is 0.00000242. The molecule has 0 bridgehead atoms. The second-order valence-corrected chi connectivity index (χ2v) is 7.51. The Bertz CT molecular complexity index is 624. The van der Waals surface area contributed by atoms with Crippen molar-refractivity contribution in [1.29, 1.82) is 0 Å². The summed E-state index contributed by atoms with van der Waals surface area (Å²) in [6, 6.07) is 8.44. The van der Waals surface area contributed by atoms with E-state index in [-0.39, 0.29) is 23.2 Å². The number of hydrogen-bond acceptors (Lipinski definition) is 1. The predicted molar refractivity (Wildman–Crippen MR) is 98.1 cm³/mol. The van der Waals surface area contributed by atoms with E-state index in [1.807, 2.05) is 6.92 Å². The van der Waals surface area contributed by atoms with Gasteiger partial charge in [-0.2, -0.15) is 0 Å². The highest BCUT2D eigenvalue weighted by molar-refractivity contribution is 6.20. The first-order valence-corrected chi connectivity index (χ1v) is 7.96. The zero-order valence-electron chi connectivity index (χ0n) is 14.2. The molecule has 1 atom stereocenters. The standard InChI is InChI=1S/C18H25ClN2.ClH/c1-11(2)15(19)16-12(3)20-17(21-16)13-9-7-8-10-14(13)18(4,5)6;/h7-11,15H,1-6H3,(H,20,21);1H. The highest BCUT2D eigenvalue weighted by Crippen LogP contribution is 2.35. The molecule has 2 rings (SSSR count). The van der Waals surface area contributed by atoms with Crippen molar-refractivity contribution in [3.05, 3.63) is 41.2 Å². The highest BCUT2D eigenvalue weighted by atomic mass is 35.5. The second-order valence-electron chi connectivity index (χ2n) is 7.04. The quantitative estimate of drug-likeness (QED) is 0.677. The molecular formula is C18H26Cl2N2. The van der Waals surface area contributed by atoms with E-state index in [1.54, 1.807) is 0 Å². The van der Waals surface area contributed by atoms with E-state index in [2.05, 4.69) is 63.9 Å². The molecule has 22 heavy (non-hydrogen) atoms. The summed E-state index contributed by atoms with van der Waals surface area (Å²) in [6.45, 7) is 13.0. The number of rotatable bonds is 3. The van der Waals surface area contributed by atoms with Gasteiger partial charge in [-0.3, -0.25) is 0 Å². The third-order valence-corrected chi connectivity index (χ3v) is 4.47. The van der Waals surface area contributed by atoms with Gasteiger partial charge in [0.25, 0.3) is 0 Å². The van der Waals surface area contributed by atoms with Crippen LogP contribution < -0.4 is 0 Å². The zero-order chi connectivity index (χ0) is 15.8. The van der Waals surface area contributed by atoms with Gasteiger partial charge in [-0.1, -0.05) is 58.9 Å². The lowest BCUT2D eigenvalue weighted by atomic mass is 9.83. The third kappa shape index (κ3) is 3.85. The monoisotopic (exact) mass is 340 g/mol. The van der Waals surface area contributed by atoms with Gasteiger partial charge in [-0.25, -0.2) is 4.98 Å². The smallest absolute Gasteiger partial charge is 0.138 e. The minimum Gasteiger partial charge on any atom is -0.342 e. The summed E-state index contributed by atoms with van der Waals surface area (Å²) >= 11 is 6.49. The summed E-state index contributed by atoms with van der Waals surface area (Å²) in [4.78, 5) is 8.20. The first-order chi connectivity index (χ1) is 9.71. The van der Waals surface area contributed by atoms with E-state index >= 15 is 0 Å². The van der Waals surface area contributed by atoms with E-state index in [9.17, 15) is 0 Å². The second kappa shape index (κ2) is 7.06. The number of benzene rings is 1. The van der Waals surface area contributed by atoms with Crippen LogP contribution in [0.1, 0.15) is 56.9 Å². The molecule has 122 valence electrons. The number of aromatic amines is 1. The van der Waals surface area contributed by atoms with Crippen LogP contribution >= 0.6 is 24.0 Å². The lowest BCUT2D eigenvalue weighted by Crippen LogP contribution is -2.12. The van der Waals surface area contributed by atoms with Gasteiger partial charge in [0.1, 0.15) is 5.82 Å². The van der Waals surface area contributed by atoms with Gasteiger partial charge in [-0.15, -0.1) is 24.0 Å². The van der Waals surface area contributed by atoms with Crippen LogP contribution in [0, 0.1) is 12.8 Å². The molecule has 0 spiro atoms. The summed E-state index contributed by atoms with van der Waals surface area (Å²) in [7, 11) is 0. The Hall–Kier alpha value is -0.990. The number of nitrogens with one attached hydrogen (secondary N) is 1. The number of aryl methyl sites for hydroxylation is 1. The number of nitrogens with zero attached hydrogens (tertiary/aromatic N) is 1. The van der Waals surface area contributed by atoms with Crippen LogP contribution in [0.25, 0.3) is 11.4 Å². The molecule has 2 nitrogen and oxygen atoms in total. The molecule has 1 aromatic carbocycles. The van der Waals surface area contributed by atoms with E-state index in [0.717, 1.165) is 22.8 Å². The molecule has 1 aromatic heterocycles. The van der Waals surface area contributed by atoms with Crippen LogP contribution in [0.15, 0.2) is 24.3 Å². The molecule has 1 N–H and O–H groups in total. The van der Waals surface area contributed by atoms with Crippen LogP contribution in [0.4, 0.5) is 0 Å². The highest BCUT2D eigenvalue weighted by Gasteiger charge is 2.23. The molecule has 0 fully saturated rings. The Morgan fingerprint density at radius 3 is 2.27 bits per heavy atom. The maximum Gasteiger partial charge on any atom is 0.138 e. The summed E-state index contributed by atoms with van der Waals surface area (Å²) in [6.07, 6.45) is 0. The Labute approximate surface area is 145 Å². The first-order valence-electron chi connectivity index (χ1n) is 7.52. The molecule has 2 aromatic rings. The maximum absolute atomic E-state index is 6.49. The molecule has 0 aliphatic carbocycles. The van der Waals surface area contributed by atoms with Gasteiger partial charge in [0.15, 0.2) is 0 Å². The molecule has 0 radical (unpaired) electrons. The minimum atomic E-state index is -0.0585. The van der Waals surface area contributed by atoms with Crippen molar-refractivity contribution in [3.8, 4) is 11.4 Å². The molecule has 4 heteroatoms. The van der Waals surface area contributed by atoms with Gasteiger partial charge >= 0.3 is 0 Å². The summed E-state index contributed by atoms with van der Waals surface area (Å²) in [5.74, 6) is 1.28. The van der Waals surface area contributed by atoms with Crippen LogP contribution in [-0.4, -0.2) is 9.97 Å². The van der Waals surface area contributed by atoms with Crippen molar-refractivity contribution in [2.75, 3.05) is 0 Å². The lowest BCUT2D eigenvalue weighted by molar-refractivity contribution is 0.591. The molecule has 0 aliphatic heterocycles. The van der Waals surface area contributed by atoms with E-state index < -0.39 is 0 Å². The third-order valence-electron chi connectivity index (χ3n) is 3.76.